The molecule has 0 N–H and O–H groups in total. The van der Waals surface area contributed by atoms with Gasteiger partial charge in [0.15, 0.2) is 0 Å². The number of non-ortho nitro benzene ring substituents is 1. The smallest absolute Gasteiger partial charge is 0.258 e. The molecule has 4 nitrogen and oxygen atoms in total. The van der Waals surface area contributed by atoms with Crippen molar-refractivity contribution in [2.45, 2.75) is 16.7 Å². The van der Waals surface area contributed by atoms with Gasteiger partial charge in [-0.2, -0.15) is 5.26 Å². The molecule has 94 valence electrons. The zero-order valence-electron chi connectivity index (χ0n) is 10.2. The Bertz CT molecular complexity index is 660. The molecule has 5 heteroatoms. The maximum atomic E-state index is 10.7. The van der Waals surface area contributed by atoms with Crippen molar-refractivity contribution < 1.29 is 4.92 Å². The Morgan fingerprint density at radius 1 is 1.21 bits per heavy atom. The van der Waals surface area contributed by atoms with Crippen LogP contribution in [0.15, 0.2) is 52.3 Å². The monoisotopic (exact) mass is 270 g/mol. The number of hydrogen-bond donors (Lipinski definition) is 0. The van der Waals surface area contributed by atoms with Crippen LogP contribution in [0.25, 0.3) is 0 Å². The van der Waals surface area contributed by atoms with E-state index in [0.717, 1.165) is 15.4 Å². The van der Waals surface area contributed by atoms with Gasteiger partial charge in [-0.1, -0.05) is 29.5 Å². The van der Waals surface area contributed by atoms with Crippen LogP contribution in [0, 0.1) is 28.4 Å². The summed E-state index contributed by atoms with van der Waals surface area (Å²) in [6, 6.07) is 14.2. The number of nitro benzene ring substituents is 1. The van der Waals surface area contributed by atoms with E-state index in [0.29, 0.717) is 5.56 Å². The molecule has 0 unspecified atom stereocenters. The molecule has 0 radical (unpaired) electrons. The summed E-state index contributed by atoms with van der Waals surface area (Å²) in [6.45, 7) is 2.00. The Morgan fingerprint density at radius 3 is 2.47 bits per heavy atom. The van der Waals surface area contributed by atoms with Crippen LogP contribution >= 0.6 is 11.8 Å². The largest absolute Gasteiger partial charge is 0.270 e. The van der Waals surface area contributed by atoms with E-state index in [9.17, 15) is 10.1 Å². The van der Waals surface area contributed by atoms with Crippen molar-refractivity contribution in [3.8, 4) is 6.07 Å². The van der Waals surface area contributed by atoms with E-state index in [1.54, 1.807) is 6.07 Å². The maximum absolute atomic E-state index is 10.7. The fourth-order valence-corrected chi connectivity index (χ4v) is 2.42. The minimum absolute atomic E-state index is 0.0650. The van der Waals surface area contributed by atoms with Gasteiger partial charge in [0.2, 0.25) is 0 Å². The number of hydrogen-bond acceptors (Lipinski definition) is 4. The lowest BCUT2D eigenvalue weighted by Crippen LogP contribution is -1.90. The third-order valence-corrected chi connectivity index (χ3v) is 3.63. The SMILES string of the molecule is Cc1ccc(Sc2ccc([N+](=O)[O-])cc2C#N)cc1. The van der Waals surface area contributed by atoms with Crippen LogP contribution in [-0.2, 0) is 0 Å². The molecule has 2 aromatic carbocycles. The Balaban J connectivity index is 2.33. The van der Waals surface area contributed by atoms with Crippen molar-refractivity contribution in [1.82, 2.24) is 0 Å². The number of nitrogens with zero attached hydrogens (tertiary/aromatic N) is 2. The molecule has 0 saturated heterocycles. The topological polar surface area (TPSA) is 66.9 Å². The first-order valence-corrected chi connectivity index (χ1v) is 6.35. The molecule has 0 aliphatic rings. The summed E-state index contributed by atoms with van der Waals surface area (Å²) in [4.78, 5) is 11.9. The van der Waals surface area contributed by atoms with Crippen molar-refractivity contribution in [2.24, 2.45) is 0 Å². The minimum Gasteiger partial charge on any atom is -0.258 e. The van der Waals surface area contributed by atoms with Gasteiger partial charge in [-0.3, -0.25) is 10.1 Å². The van der Waals surface area contributed by atoms with Gasteiger partial charge in [0.1, 0.15) is 6.07 Å². The van der Waals surface area contributed by atoms with E-state index in [4.69, 9.17) is 5.26 Å². The first-order chi connectivity index (χ1) is 9.10. The molecule has 19 heavy (non-hydrogen) atoms. The van der Waals surface area contributed by atoms with Gasteiger partial charge in [0.25, 0.3) is 5.69 Å². The van der Waals surface area contributed by atoms with E-state index < -0.39 is 4.92 Å². The second kappa shape index (κ2) is 5.55. The quantitative estimate of drug-likeness (QED) is 0.626. The van der Waals surface area contributed by atoms with Gasteiger partial charge >= 0.3 is 0 Å². The third kappa shape index (κ3) is 3.12. The van der Waals surface area contributed by atoms with Crippen molar-refractivity contribution in [3.63, 3.8) is 0 Å². The molecule has 0 aromatic heterocycles. The van der Waals surface area contributed by atoms with E-state index >= 15 is 0 Å². The lowest BCUT2D eigenvalue weighted by Gasteiger charge is -2.04. The van der Waals surface area contributed by atoms with Gasteiger partial charge in [0, 0.05) is 21.9 Å². The van der Waals surface area contributed by atoms with Crippen LogP contribution in [0.5, 0.6) is 0 Å². The predicted octanol–water partition coefficient (Wildman–Crippen LogP) is 3.93. The fraction of sp³-hybridized carbons (Fsp3) is 0.0714. The van der Waals surface area contributed by atoms with Crippen LogP contribution in [0.4, 0.5) is 5.69 Å². The standard InChI is InChI=1S/C14H10N2O2S/c1-10-2-5-13(6-3-10)19-14-7-4-12(16(17)18)8-11(14)9-15/h2-8H,1H3. The highest BCUT2D eigenvalue weighted by Crippen LogP contribution is 2.32. The lowest BCUT2D eigenvalue weighted by molar-refractivity contribution is -0.384. The minimum atomic E-state index is -0.499. The molecular weight excluding hydrogens is 260 g/mol. The van der Waals surface area contributed by atoms with Crippen molar-refractivity contribution in [2.75, 3.05) is 0 Å². The van der Waals surface area contributed by atoms with Crippen LogP contribution in [0.2, 0.25) is 0 Å². The summed E-state index contributed by atoms with van der Waals surface area (Å²) in [5.74, 6) is 0. The molecular formula is C14H10N2O2S. The summed E-state index contributed by atoms with van der Waals surface area (Å²) >= 11 is 1.42. The highest BCUT2D eigenvalue weighted by molar-refractivity contribution is 7.99. The van der Waals surface area contributed by atoms with Crippen molar-refractivity contribution in [1.29, 1.82) is 5.26 Å². The molecule has 0 fully saturated rings. The summed E-state index contributed by atoms with van der Waals surface area (Å²) < 4.78 is 0. The molecule has 2 aromatic rings. The Morgan fingerprint density at radius 2 is 1.89 bits per heavy atom. The number of aryl methyl sites for hydroxylation is 1. The molecule has 0 bridgehead atoms. The highest BCUT2D eigenvalue weighted by atomic mass is 32.2. The highest BCUT2D eigenvalue weighted by Gasteiger charge is 2.11. The molecule has 0 amide bonds. The number of benzene rings is 2. The van der Waals surface area contributed by atoms with Gasteiger partial charge < -0.3 is 0 Å². The maximum Gasteiger partial charge on any atom is 0.270 e. The number of nitriles is 1. The summed E-state index contributed by atoms with van der Waals surface area (Å²) in [5, 5.41) is 19.7. The van der Waals surface area contributed by atoms with E-state index in [-0.39, 0.29) is 5.69 Å². The predicted molar refractivity (Wildman–Crippen MR) is 73.1 cm³/mol. The summed E-state index contributed by atoms with van der Waals surface area (Å²) in [6.07, 6.45) is 0. The fourth-order valence-electron chi connectivity index (χ4n) is 1.54. The van der Waals surface area contributed by atoms with Crippen molar-refractivity contribution >= 4 is 17.4 Å². The van der Waals surface area contributed by atoms with Gasteiger partial charge in [-0.05, 0) is 25.1 Å². The third-order valence-electron chi connectivity index (χ3n) is 2.54. The first-order valence-electron chi connectivity index (χ1n) is 5.53. The molecule has 2 rings (SSSR count). The van der Waals surface area contributed by atoms with E-state index in [1.807, 2.05) is 37.3 Å². The summed E-state index contributed by atoms with van der Waals surface area (Å²) in [7, 11) is 0. The molecule has 0 aliphatic carbocycles. The average Bonchev–Trinajstić information content (AvgIpc) is 2.41. The molecule has 0 atom stereocenters. The zero-order valence-corrected chi connectivity index (χ0v) is 11.0. The Kier molecular flexibility index (Phi) is 3.83. The van der Waals surface area contributed by atoms with Gasteiger partial charge in [-0.15, -0.1) is 0 Å². The van der Waals surface area contributed by atoms with E-state index in [1.165, 1.54) is 23.9 Å². The number of rotatable bonds is 3. The average molecular weight is 270 g/mol. The zero-order chi connectivity index (χ0) is 13.8. The molecule has 0 spiro atoms. The van der Waals surface area contributed by atoms with Crippen LogP contribution in [0.3, 0.4) is 0 Å². The van der Waals surface area contributed by atoms with Crippen LogP contribution in [0.1, 0.15) is 11.1 Å². The first kappa shape index (κ1) is 13.1. The van der Waals surface area contributed by atoms with Crippen LogP contribution in [-0.4, -0.2) is 4.92 Å². The Hall–Kier alpha value is -2.32. The van der Waals surface area contributed by atoms with Crippen molar-refractivity contribution in [3.05, 3.63) is 63.7 Å². The number of nitro groups is 1. The molecule has 0 heterocycles. The van der Waals surface area contributed by atoms with Crippen LogP contribution < -0.4 is 0 Å². The lowest BCUT2D eigenvalue weighted by atomic mass is 10.2. The molecule has 0 saturated carbocycles. The second-order valence-corrected chi connectivity index (χ2v) is 5.08. The molecule has 0 aliphatic heterocycles. The van der Waals surface area contributed by atoms with Gasteiger partial charge in [-0.25, -0.2) is 0 Å². The second-order valence-electron chi connectivity index (χ2n) is 3.96. The van der Waals surface area contributed by atoms with Gasteiger partial charge in [0.05, 0.1) is 10.5 Å². The van der Waals surface area contributed by atoms with E-state index in [2.05, 4.69) is 0 Å². The normalized spacial score (nSPS) is 9.89. The summed E-state index contributed by atoms with van der Waals surface area (Å²) in [5.41, 5.74) is 1.41. The Labute approximate surface area is 114 Å².